The van der Waals surface area contributed by atoms with Crippen molar-refractivity contribution in [2.24, 2.45) is 0 Å². The van der Waals surface area contributed by atoms with Crippen LogP contribution in [0, 0.1) is 6.92 Å². The maximum absolute atomic E-state index is 13.1. The molecule has 0 bridgehead atoms. The molecule has 1 saturated heterocycles. The van der Waals surface area contributed by atoms with Gasteiger partial charge in [-0.2, -0.15) is 0 Å². The molecule has 2 N–H and O–H groups in total. The zero-order valence-electron chi connectivity index (χ0n) is 16.4. The van der Waals surface area contributed by atoms with Crippen LogP contribution in [0.4, 0.5) is 5.13 Å². The molecule has 2 aromatic heterocycles. The van der Waals surface area contributed by atoms with Gasteiger partial charge in [0.1, 0.15) is 0 Å². The minimum Gasteiger partial charge on any atom is -0.317 e. The lowest BCUT2D eigenvalue weighted by molar-refractivity contribution is 0.102. The Balaban J connectivity index is 0.00000205. The first-order valence-electron chi connectivity index (χ1n) is 10.1. The van der Waals surface area contributed by atoms with Crippen LogP contribution in [0.25, 0.3) is 10.9 Å². The highest BCUT2D eigenvalue weighted by Gasteiger charge is 2.27. The molecule has 3 aromatic rings. The van der Waals surface area contributed by atoms with E-state index in [0.29, 0.717) is 22.5 Å². The molecule has 0 spiro atoms. The van der Waals surface area contributed by atoms with E-state index in [2.05, 4.69) is 27.8 Å². The van der Waals surface area contributed by atoms with Crippen LogP contribution in [0.1, 0.15) is 64.0 Å². The van der Waals surface area contributed by atoms with Gasteiger partial charge < -0.3 is 5.32 Å². The standard InChI is InChI=1S/C22H24N4OS.ClH/c1-13-2-5-18-16(10-13)17(11-19(25-18)14-3-4-14)21(27)26-22-24-12-20(28-22)15-6-8-23-9-7-15;/h2,5,10-12,14-15,23H,3-4,6-9H2,1H3,(H,24,26,27);1H. The molecular formula is C22H25ClN4OS. The number of aryl methyl sites for hydroxylation is 1. The zero-order valence-corrected chi connectivity index (χ0v) is 18.0. The topological polar surface area (TPSA) is 66.9 Å². The summed E-state index contributed by atoms with van der Waals surface area (Å²) in [6.07, 6.45) is 6.53. The molecule has 0 atom stereocenters. The molecule has 1 saturated carbocycles. The summed E-state index contributed by atoms with van der Waals surface area (Å²) in [5.41, 5.74) is 3.77. The second kappa shape index (κ2) is 8.38. The number of hydrogen-bond acceptors (Lipinski definition) is 5. The van der Waals surface area contributed by atoms with Crippen molar-refractivity contribution in [2.45, 2.75) is 44.4 Å². The zero-order chi connectivity index (χ0) is 19.1. The number of benzene rings is 1. The highest BCUT2D eigenvalue weighted by Crippen LogP contribution is 2.40. The molecule has 1 aromatic carbocycles. The van der Waals surface area contributed by atoms with Gasteiger partial charge in [-0.25, -0.2) is 4.98 Å². The number of aromatic nitrogens is 2. The highest BCUT2D eigenvalue weighted by atomic mass is 35.5. The molecule has 2 aliphatic rings. The van der Waals surface area contributed by atoms with Crippen molar-refractivity contribution < 1.29 is 4.79 Å². The van der Waals surface area contributed by atoms with Gasteiger partial charge in [0.25, 0.3) is 5.91 Å². The molecule has 29 heavy (non-hydrogen) atoms. The summed E-state index contributed by atoms with van der Waals surface area (Å²) in [4.78, 5) is 23.7. The molecule has 7 heteroatoms. The molecule has 0 unspecified atom stereocenters. The van der Waals surface area contributed by atoms with Crippen LogP contribution in [0.2, 0.25) is 0 Å². The van der Waals surface area contributed by atoms with Gasteiger partial charge in [-0.1, -0.05) is 11.6 Å². The number of carbonyl (C=O) groups excluding carboxylic acids is 1. The maximum atomic E-state index is 13.1. The van der Waals surface area contributed by atoms with E-state index >= 15 is 0 Å². The van der Waals surface area contributed by atoms with Crippen LogP contribution in [0.15, 0.2) is 30.5 Å². The first-order valence-corrected chi connectivity index (χ1v) is 10.9. The number of hydrogen-bond donors (Lipinski definition) is 2. The molecule has 152 valence electrons. The largest absolute Gasteiger partial charge is 0.317 e. The van der Waals surface area contributed by atoms with Crippen molar-refractivity contribution in [3.05, 3.63) is 52.2 Å². The monoisotopic (exact) mass is 428 g/mol. The van der Waals surface area contributed by atoms with Gasteiger partial charge in [-0.05, 0) is 69.8 Å². The Morgan fingerprint density at radius 2 is 1.93 bits per heavy atom. The van der Waals surface area contributed by atoms with Gasteiger partial charge >= 0.3 is 0 Å². The number of thiazole rings is 1. The molecule has 0 radical (unpaired) electrons. The molecule has 1 aliphatic heterocycles. The lowest BCUT2D eigenvalue weighted by Crippen LogP contribution is -2.26. The van der Waals surface area contributed by atoms with E-state index in [9.17, 15) is 4.79 Å². The minimum atomic E-state index is -0.0916. The lowest BCUT2D eigenvalue weighted by Gasteiger charge is -2.20. The Morgan fingerprint density at radius 1 is 1.14 bits per heavy atom. The highest BCUT2D eigenvalue weighted by molar-refractivity contribution is 7.15. The third-order valence-corrected chi connectivity index (χ3v) is 6.79. The van der Waals surface area contributed by atoms with E-state index < -0.39 is 0 Å². The number of carbonyl (C=O) groups is 1. The number of anilines is 1. The van der Waals surface area contributed by atoms with Crippen molar-refractivity contribution in [3.8, 4) is 0 Å². The summed E-state index contributed by atoms with van der Waals surface area (Å²) in [5, 5.41) is 8.03. The van der Waals surface area contributed by atoms with Gasteiger partial charge in [0, 0.05) is 28.1 Å². The molecule has 5 nitrogen and oxygen atoms in total. The van der Waals surface area contributed by atoms with E-state index in [1.54, 1.807) is 11.3 Å². The van der Waals surface area contributed by atoms with Crippen LogP contribution in [0.3, 0.4) is 0 Å². The first kappa shape index (κ1) is 20.3. The molecule has 1 aliphatic carbocycles. The number of halogens is 1. The molecule has 1 amide bonds. The van der Waals surface area contributed by atoms with Gasteiger partial charge in [0.15, 0.2) is 5.13 Å². The van der Waals surface area contributed by atoms with Crippen LogP contribution in [-0.4, -0.2) is 29.0 Å². The number of piperidine rings is 1. The normalized spacial score (nSPS) is 17.1. The van der Waals surface area contributed by atoms with Gasteiger partial charge in [0.05, 0.1) is 11.1 Å². The van der Waals surface area contributed by atoms with E-state index in [1.165, 1.54) is 4.88 Å². The second-order valence-corrected chi connectivity index (χ2v) is 9.00. The third-order valence-electron chi connectivity index (χ3n) is 5.71. The molecule has 2 fully saturated rings. The second-order valence-electron chi connectivity index (χ2n) is 7.94. The Labute approximate surface area is 180 Å². The van der Waals surface area contributed by atoms with Crippen LogP contribution >= 0.6 is 23.7 Å². The number of amides is 1. The van der Waals surface area contributed by atoms with Crippen molar-refractivity contribution in [1.29, 1.82) is 0 Å². The van der Waals surface area contributed by atoms with Crippen LogP contribution in [0.5, 0.6) is 0 Å². The van der Waals surface area contributed by atoms with Crippen LogP contribution in [-0.2, 0) is 0 Å². The Kier molecular flexibility index (Phi) is 5.86. The van der Waals surface area contributed by atoms with Gasteiger partial charge in [0.2, 0.25) is 0 Å². The van der Waals surface area contributed by atoms with E-state index in [-0.39, 0.29) is 18.3 Å². The number of pyridine rings is 1. The minimum absolute atomic E-state index is 0. The maximum Gasteiger partial charge on any atom is 0.258 e. The summed E-state index contributed by atoms with van der Waals surface area (Å²) >= 11 is 1.61. The fourth-order valence-electron chi connectivity index (χ4n) is 3.94. The molecule has 5 rings (SSSR count). The summed E-state index contributed by atoms with van der Waals surface area (Å²) in [6, 6.07) is 8.11. The quantitative estimate of drug-likeness (QED) is 0.612. The fourth-order valence-corrected chi connectivity index (χ4v) is 4.92. The average Bonchev–Trinajstić information content (AvgIpc) is 3.47. The SMILES string of the molecule is Cc1ccc2nc(C3CC3)cc(C(=O)Nc3ncc(C4CCNCC4)s3)c2c1.Cl. The number of fused-ring (bicyclic) bond motifs is 1. The van der Waals surface area contributed by atoms with Crippen molar-refractivity contribution in [2.75, 3.05) is 18.4 Å². The Hall–Kier alpha value is -2.02. The summed E-state index contributed by atoms with van der Waals surface area (Å²) in [5.74, 6) is 0.963. The number of rotatable bonds is 4. The smallest absolute Gasteiger partial charge is 0.258 e. The van der Waals surface area contributed by atoms with Crippen molar-refractivity contribution >= 4 is 45.7 Å². The first-order chi connectivity index (χ1) is 13.7. The molecule has 3 heterocycles. The number of nitrogens with one attached hydrogen (secondary N) is 2. The third kappa shape index (κ3) is 4.29. The van der Waals surface area contributed by atoms with Crippen LogP contribution < -0.4 is 10.6 Å². The predicted octanol–water partition coefficient (Wildman–Crippen LogP) is 5.02. The predicted molar refractivity (Wildman–Crippen MR) is 121 cm³/mol. The van der Waals surface area contributed by atoms with E-state index in [1.807, 2.05) is 25.3 Å². The van der Waals surface area contributed by atoms with Gasteiger partial charge in [-0.3, -0.25) is 15.1 Å². The molecular weight excluding hydrogens is 404 g/mol. The summed E-state index contributed by atoms with van der Waals surface area (Å²) in [7, 11) is 0. The fraction of sp³-hybridized carbons (Fsp3) is 0.409. The summed E-state index contributed by atoms with van der Waals surface area (Å²) < 4.78 is 0. The summed E-state index contributed by atoms with van der Waals surface area (Å²) in [6.45, 7) is 4.15. The van der Waals surface area contributed by atoms with Crippen molar-refractivity contribution in [1.82, 2.24) is 15.3 Å². The Morgan fingerprint density at radius 3 is 2.69 bits per heavy atom. The van der Waals surface area contributed by atoms with E-state index in [4.69, 9.17) is 4.98 Å². The van der Waals surface area contributed by atoms with Gasteiger partial charge in [-0.15, -0.1) is 23.7 Å². The lowest BCUT2D eigenvalue weighted by atomic mass is 9.97. The van der Waals surface area contributed by atoms with Crippen molar-refractivity contribution in [3.63, 3.8) is 0 Å². The number of nitrogens with zero attached hydrogens (tertiary/aromatic N) is 2. The average molecular weight is 429 g/mol. The Bertz CT molecular complexity index is 1040. The van der Waals surface area contributed by atoms with E-state index in [0.717, 1.165) is 60.9 Å².